The molecule has 5 nitrogen and oxygen atoms in total. The highest BCUT2D eigenvalue weighted by atomic mass is 32.1. The lowest BCUT2D eigenvalue weighted by Crippen LogP contribution is -2.49. The van der Waals surface area contributed by atoms with Crippen molar-refractivity contribution in [2.75, 3.05) is 6.54 Å². The lowest BCUT2D eigenvalue weighted by molar-refractivity contribution is -0.140. The van der Waals surface area contributed by atoms with Gasteiger partial charge >= 0.3 is 11.8 Å². The molecule has 0 radical (unpaired) electrons. The maximum absolute atomic E-state index is 11.9. The standard InChI is InChI=1S/C18H20N2O3S/c21-16(19-11-15-6-3-9-24-15)17(22)20-12-18(23)8-7-13-4-1-2-5-14(13)10-18/h1-6,9,23H,7-8,10-12H2,(H,19,21)(H,20,22)/t18-/m1/s1. The minimum atomic E-state index is -1.00. The molecule has 0 spiro atoms. The van der Waals surface area contributed by atoms with Gasteiger partial charge in [0.2, 0.25) is 0 Å². The molecule has 3 N–H and O–H groups in total. The molecule has 126 valence electrons. The van der Waals surface area contributed by atoms with E-state index in [2.05, 4.69) is 16.7 Å². The van der Waals surface area contributed by atoms with Crippen molar-refractivity contribution in [3.8, 4) is 0 Å². The highest BCUT2D eigenvalue weighted by Crippen LogP contribution is 2.28. The summed E-state index contributed by atoms with van der Waals surface area (Å²) in [5.74, 6) is -1.39. The number of hydrogen-bond acceptors (Lipinski definition) is 4. The lowest BCUT2D eigenvalue weighted by atomic mass is 9.80. The second-order valence-electron chi connectivity index (χ2n) is 6.11. The second-order valence-corrected chi connectivity index (χ2v) is 7.15. The van der Waals surface area contributed by atoms with Gasteiger partial charge in [-0.2, -0.15) is 0 Å². The number of nitrogens with one attached hydrogen (secondary N) is 2. The van der Waals surface area contributed by atoms with E-state index in [0.717, 1.165) is 16.9 Å². The van der Waals surface area contributed by atoms with Gasteiger partial charge in [-0.25, -0.2) is 0 Å². The molecule has 1 atom stereocenters. The van der Waals surface area contributed by atoms with Gasteiger partial charge in [-0.3, -0.25) is 9.59 Å². The molecular weight excluding hydrogens is 324 g/mol. The molecule has 3 rings (SSSR count). The minimum Gasteiger partial charge on any atom is -0.388 e. The van der Waals surface area contributed by atoms with Crippen LogP contribution < -0.4 is 10.6 Å². The molecule has 1 aromatic carbocycles. The fourth-order valence-corrected chi connectivity index (χ4v) is 3.57. The molecule has 0 fully saturated rings. The van der Waals surface area contributed by atoms with Crippen LogP contribution in [0.25, 0.3) is 0 Å². The summed E-state index contributed by atoms with van der Waals surface area (Å²) in [6.07, 6.45) is 1.83. The Morgan fingerprint density at radius 1 is 1.08 bits per heavy atom. The molecule has 0 aliphatic heterocycles. The Bertz CT molecular complexity index is 730. The maximum Gasteiger partial charge on any atom is 0.309 e. The van der Waals surface area contributed by atoms with Crippen molar-refractivity contribution in [2.24, 2.45) is 0 Å². The Labute approximate surface area is 144 Å². The highest BCUT2D eigenvalue weighted by Gasteiger charge is 2.32. The van der Waals surface area contributed by atoms with Crippen LogP contribution in [0.15, 0.2) is 41.8 Å². The number of carbonyl (C=O) groups is 2. The molecule has 1 aliphatic rings. The first-order chi connectivity index (χ1) is 11.6. The summed E-state index contributed by atoms with van der Waals surface area (Å²) in [5, 5.41) is 17.7. The van der Waals surface area contributed by atoms with E-state index in [1.165, 1.54) is 16.9 Å². The smallest absolute Gasteiger partial charge is 0.309 e. The monoisotopic (exact) mass is 344 g/mol. The number of hydrogen-bond donors (Lipinski definition) is 3. The first-order valence-electron chi connectivity index (χ1n) is 7.93. The third kappa shape index (κ3) is 4.01. The van der Waals surface area contributed by atoms with Gasteiger partial charge in [0.15, 0.2) is 0 Å². The van der Waals surface area contributed by atoms with Crippen LogP contribution >= 0.6 is 11.3 Å². The fourth-order valence-electron chi connectivity index (χ4n) is 2.92. The summed E-state index contributed by atoms with van der Waals surface area (Å²) >= 11 is 1.52. The van der Waals surface area contributed by atoms with Crippen LogP contribution in [0.3, 0.4) is 0 Å². The van der Waals surface area contributed by atoms with E-state index >= 15 is 0 Å². The quantitative estimate of drug-likeness (QED) is 0.734. The zero-order valence-electron chi connectivity index (χ0n) is 13.2. The molecule has 1 aliphatic carbocycles. The number of aryl methyl sites for hydroxylation is 1. The average molecular weight is 344 g/mol. The van der Waals surface area contributed by atoms with Gasteiger partial charge in [-0.15, -0.1) is 11.3 Å². The zero-order valence-corrected chi connectivity index (χ0v) is 14.1. The molecule has 1 heterocycles. The van der Waals surface area contributed by atoms with Crippen molar-refractivity contribution in [3.63, 3.8) is 0 Å². The Balaban J connectivity index is 1.49. The normalized spacial score (nSPS) is 19.4. The van der Waals surface area contributed by atoms with Crippen LogP contribution in [-0.2, 0) is 29.0 Å². The third-order valence-electron chi connectivity index (χ3n) is 4.29. The van der Waals surface area contributed by atoms with Gasteiger partial charge in [-0.1, -0.05) is 30.3 Å². The van der Waals surface area contributed by atoms with Crippen molar-refractivity contribution < 1.29 is 14.7 Å². The van der Waals surface area contributed by atoms with Crippen molar-refractivity contribution in [1.29, 1.82) is 0 Å². The topological polar surface area (TPSA) is 78.4 Å². The highest BCUT2D eigenvalue weighted by molar-refractivity contribution is 7.09. The summed E-state index contributed by atoms with van der Waals surface area (Å²) in [4.78, 5) is 24.7. The largest absolute Gasteiger partial charge is 0.388 e. The Morgan fingerprint density at radius 2 is 1.83 bits per heavy atom. The number of rotatable bonds is 4. The molecule has 0 bridgehead atoms. The summed E-state index contributed by atoms with van der Waals surface area (Å²) < 4.78 is 0. The number of amides is 2. The zero-order chi connectivity index (χ0) is 17.0. The van der Waals surface area contributed by atoms with E-state index in [0.29, 0.717) is 19.4 Å². The van der Waals surface area contributed by atoms with E-state index in [9.17, 15) is 14.7 Å². The number of thiophene rings is 1. The molecule has 0 unspecified atom stereocenters. The Morgan fingerprint density at radius 3 is 2.58 bits per heavy atom. The van der Waals surface area contributed by atoms with E-state index in [4.69, 9.17) is 0 Å². The predicted molar refractivity (Wildman–Crippen MR) is 92.6 cm³/mol. The number of carbonyl (C=O) groups excluding carboxylic acids is 2. The van der Waals surface area contributed by atoms with E-state index < -0.39 is 17.4 Å². The summed E-state index contributed by atoms with van der Waals surface area (Å²) in [5.41, 5.74) is 1.34. The summed E-state index contributed by atoms with van der Waals surface area (Å²) in [7, 11) is 0. The van der Waals surface area contributed by atoms with Gasteiger partial charge in [0.05, 0.1) is 12.1 Å². The Hall–Kier alpha value is -2.18. The van der Waals surface area contributed by atoms with Crippen molar-refractivity contribution in [2.45, 2.75) is 31.4 Å². The molecule has 24 heavy (non-hydrogen) atoms. The summed E-state index contributed by atoms with van der Waals surface area (Å²) in [6.45, 7) is 0.411. The first kappa shape index (κ1) is 16.7. The maximum atomic E-state index is 11.9. The average Bonchev–Trinajstić information content (AvgIpc) is 3.11. The van der Waals surface area contributed by atoms with Crippen molar-refractivity contribution >= 4 is 23.2 Å². The molecule has 2 amide bonds. The van der Waals surface area contributed by atoms with Crippen LogP contribution in [0, 0.1) is 0 Å². The van der Waals surface area contributed by atoms with E-state index in [-0.39, 0.29) is 6.54 Å². The minimum absolute atomic E-state index is 0.0760. The molecule has 6 heteroatoms. The molecular formula is C18H20N2O3S. The van der Waals surface area contributed by atoms with Crippen molar-refractivity contribution in [1.82, 2.24) is 10.6 Å². The SMILES string of the molecule is O=C(NCc1cccs1)C(=O)NC[C@@]1(O)CCc2ccccc2C1. The van der Waals surface area contributed by atoms with Crippen LogP contribution in [0.4, 0.5) is 0 Å². The van der Waals surface area contributed by atoms with Gasteiger partial charge < -0.3 is 15.7 Å². The van der Waals surface area contributed by atoms with Crippen LogP contribution in [0.2, 0.25) is 0 Å². The molecule has 2 aromatic rings. The van der Waals surface area contributed by atoms with Gasteiger partial charge in [0.25, 0.3) is 0 Å². The van der Waals surface area contributed by atoms with Gasteiger partial charge in [-0.05, 0) is 35.4 Å². The first-order valence-corrected chi connectivity index (χ1v) is 8.81. The predicted octanol–water partition coefficient (Wildman–Crippen LogP) is 1.40. The van der Waals surface area contributed by atoms with Crippen LogP contribution in [-0.4, -0.2) is 29.1 Å². The van der Waals surface area contributed by atoms with Crippen LogP contribution in [0.1, 0.15) is 22.4 Å². The Kier molecular flexibility index (Phi) is 4.97. The molecule has 0 saturated heterocycles. The molecule has 1 aromatic heterocycles. The molecule has 0 saturated carbocycles. The third-order valence-corrected chi connectivity index (χ3v) is 5.16. The number of fused-ring (bicyclic) bond motifs is 1. The number of benzene rings is 1. The summed E-state index contributed by atoms with van der Waals surface area (Å²) in [6, 6.07) is 11.8. The van der Waals surface area contributed by atoms with Crippen LogP contribution in [0.5, 0.6) is 0 Å². The fraction of sp³-hybridized carbons (Fsp3) is 0.333. The van der Waals surface area contributed by atoms with E-state index in [1.54, 1.807) is 0 Å². The van der Waals surface area contributed by atoms with Gasteiger partial charge in [0.1, 0.15) is 0 Å². The number of aliphatic hydroxyl groups is 1. The lowest BCUT2D eigenvalue weighted by Gasteiger charge is -2.33. The van der Waals surface area contributed by atoms with E-state index in [1.807, 2.05) is 35.7 Å². The second kappa shape index (κ2) is 7.15. The van der Waals surface area contributed by atoms with Crippen molar-refractivity contribution in [3.05, 3.63) is 57.8 Å². The van der Waals surface area contributed by atoms with Gasteiger partial charge in [0, 0.05) is 17.8 Å².